The summed E-state index contributed by atoms with van der Waals surface area (Å²) in [6.07, 6.45) is 1.94. The maximum absolute atomic E-state index is 6.27. The van der Waals surface area contributed by atoms with E-state index in [9.17, 15) is 0 Å². The number of thiazole rings is 1. The Morgan fingerprint density at radius 3 is 2.68 bits per heavy atom. The second-order valence-electron chi connectivity index (χ2n) is 4.89. The second kappa shape index (κ2) is 6.80. The Balaban J connectivity index is 1.79. The molecule has 2 rings (SSSR count). The summed E-state index contributed by atoms with van der Waals surface area (Å²) in [4.78, 5) is 5.53. The smallest absolute Gasteiger partial charge is 0.0897 e. The highest BCUT2D eigenvalue weighted by Crippen LogP contribution is 2.18. The number of nitrogens with two attached hydrogens (primary N) is 1. The molecule has 1 aromatic carbocycles. The van der Waals surface area contributed by atoms with E-state index in [1.54, 1.807) is 11.3 Å². The minimum absolute atomic E-state index is 0.0805. The lowest BCUT2D eigenvalue weighted by atomic mass is 9.95. The molecule has 3 N–H and O–H groups in total. The number of hydrogen-bond acceptors (Lipinski definition) is 4. The van der Waals surface area contributed by atoms with E-state index in [0.717, 1.165) is 18.1 Å². The Morgan fingerprint density at radius 1 is 1.32 bits per heavy atom. The molecule has 19 heavy (non-hydrogen) atoms. The zero-order chi connectivity index (χ0) is 13.7. The fourth-order valence-electron chi connectivity index (χ4n) is 2.04. The summed E-state index contributed by atoms with van der Waals surface area (Å²) in [7, 11) is 0. The molecule has 0 aliphatic carbocycles. The first kappa shape index (κ1) is 14.2. The first-order chi connectivity index (χ1) is 9.16. The summed E-state index contributed by atoms with van der Waals surface area (Å²) in [6, 6.07) is 10.4. The Kier molecular flexibility index (Phi) is 5.07. The van der Waals surface area contributed by atoms with Crippen LogP contribution in [0.3, 0.4) is 0 Å². The zero-order valence-corrected chi connectivity index (χ0v) is 12.3. The molecule has 0 spiro atoms. The number of rotatable bonds is 6. The largest absolute Gasteiger partial charge is 0.324 e. The number of nitrogens with zero attached hydrogens (tertiary/aromatic N) is 1. The highest BCUT2D eigenvalue weighted by Gasteiger charge is 2.14. The summed E-state index contributed by atoms with van der Waals surface area (Å²) in [5.74, 6) is 0.399. The van der Waals surface area contributed by atoms with E-state index in [4.69, 9.17) is 5.73 Å². The molecule has 2 unspecified atom stereocenters. The van der Waals surface area contributed by atoms with Gasteiger partial charge in [0.25, 0.3) is 0 Å². The molecule has 3 nitrogen and oxygen atoms in total. The zero-order valence-electron chi connectivity index (χ0n) is 11.5. The van der Waals surface area contributed by atoms with Crippen molar-refractivity contribution in [3.8, 4) is 0 Å². The van der Waals surface area contributed by atoms with Crippen LogP contribution in [0.4, 0.5) is 0 Å². The Labute approximate surface area is 118 Å². The second-order valence-corrected chi connectivity index (χ2v) is 6.21. The molecule has 0 saturated carbocycles. The van der Waals surface area contributed by atoms with Crippen LogP contribution in [0.5, 0.6) is 0 Å². The van der Waals surface area contributed by atoms with Crippen molar-refractivity contribution in [2.24, 2.45) is 11.7 Å². The highest BCUT2D eigenvalue weighted by atomic mass is 32.1. The highest BCUT2D eigenvalue weighted by molar-refractivity contribution is 7.11. The molecule has 0 radical (unpaired) electrons. The van der Waals surface area contributed by atoms with Crippen LogP contribution < -0.4 is 11.1 Å². The number of aromatic nitrogens is 1. The fourth-order valence-corrected chi connectivity index (χ4v) is 2.81. The van der Waals surface area contributed by atoms with Gasteiger partial charge in [0, 0.05) is 23.7 Å². The van der Waals surface area contributed by atoms with Gasteiger partial charge in [-0.15, -0.1) is 11.3 Å². The number of nitrogens with one attached hydrogen (secondary N) is 1. The summed E-state index contributed by atoms with van der Waals surface area (Å²) in [5.41, 5.74) is 7.47. The lowest BCUT2D eigenvalue weighted by molar-refractivity contribution is 0.435. The minimum Gasteiger partial charge on any atom is -0.324 e. The van der Waals surface area contributed by atoms with Crippen LogP contribution in [0.1, 0.15) is 28.4 Å². The van der Waals surface area contributed by atoms with Crippen LogP contribution in [0.25, 0.3) is 0 Å². The molecule has 102 valence electrons. The Bertz CT molecular complexity index is 495. The van der Waals surface area contributed by atoms with Crippen LogP contribution in [0, 0.1) is 12.8 Å². The maximum atomic E-state index is 6.27. The third-order valence-electron chi connectivity index (χ3n) is 3.23. The lowest BCUT2D eigenvalue weighted by Crippen LogP contribution is -2.29. The molecule has 2 atom stereocenters. The molecule has 0 fully saturated rings. The average Bonchev–Trinajstić information content (AvgIpc) is 2.84. The third-order valence-corrected chi connectivity index (χ3v) is 4.14. The summed E-state index contributed by atoms with van der Waals surface area (Å²) < 4.78 is 0. The average molecular weight is 275 g/mol. The molecular formula is C15H21N3S. The molecule has 0 aliphatic heterocycles. The van der Waals surface area contributed by atoms with Crippen LogP contribution in [0.2, 0.25) is 0 Å². The molecule has 1 aromatic heterocycles. The SMILES string of the molecule is Cc1ncc(CNCC(C)C(N)c2ccccc2)s1. The van der Waals surface area contributed by atoms with Crippen molar-refractivity contribution in [1.82, 2.24) is 10.3 Å². The first-order valence-corrected chi connectivity index (χ1v) is 7.41. The fraction of sp³-hybridized carbons (Fsp3) is 0.400. The Morgan fingerprint density at radius 2 is 2.05 bits per heavy atom. The summed E-state index contributed by atoms with van der Waals surface area (Å²) >= 11 is 1.74. The summed E-state index contributed by atoms with van der Waals surface area (Å²) in [6.45, 7) is 6.00. The van der Waals surface area contributed by atoms with E-state index >= 15 is 0 Å². The molecule has 4 heteroatoms. The van der Waals surface area contributed by atoms with Gasteiger partial charge in [0.1, 0.15) is 0 Å². The van der Waals surface area contributed by atoms with Gasteiger partial charge in [0.05, 0.1) is 5.01 Å². The number of benzene rings is 1. The van der Waals surface area contributed by atoms with E-state index in [1.807, 2.05) is 31.3 Å². The predicted molar refractivity (Wildman–Crippen MR) is 81.1 cm³/mol. The van der Waals surface area contributed by atoms with Crippen molar-refractivity contribution >= 4 is 11.3 Å². The van der Waals surface area contributed by atoms with Crippen molar-refractivity contribution in [3.63, 3.8) is 0 Å². The van der Waals surface area contributed by atoms with Gasteiger partial charge in [-0.3, -0.25) is 0 Å². The van der Waals surface area contributed by atoms with Gasteiger partial charge < -0.3 is 11.1 Å². The van der Waals surface area contributed by atoms with E-state index in [2.05, 4.69) is 29.4 Å². The molecule has 0 saturated heterocycles. The molecule has 0 amide bonds. The van der Waals surface area contributed by atoms with Gasteiger partial charge >= 0.3 is 0 Å². The predicted octanol–water partition coefficient (Wildman–Crippen LogP) is 2.88. The van der Waals surface area contributed by atoms with Gasteiger partial charge in [-0.25, -0.2) is 4.98 Å². The first-order valence-electron chi connectivity index (χ1n) is 6.59. The molecule has 2 aromatic rings. The van der Waals surface area contributed by atoms with Crippen LogP contribution in [0.15, 0.2) is 36.5 Å². The minimum atomic E-state index is 0.0805. The van der Waals surface area contributed by atoms with Crippen molar-refractivity contribution in [3.05, 3.63) is 52.0 Å². The van der Waals surface area contributed by atoms with E-state index < -0.39 is 0 Å². The maximum Gasteiger partial charge on any atom is 0.0897 e. The van der Waals surface area contributed by atoms with Gasteiger partial charge in [-0.05, 0) is 24.9 Å². The lowest BCUT2D eigenvalue weighted by Gasteiger charge is -2.20. The van der Waals surface area contributed by atoms with Gasteiger partial charge in [0.15, 0.2) is 0 Å². The molecular weight excluding hydrogens is 254 g/mol. The van der Waals surface area contributed by atoms with Crippen molar-refractivity contribution in [2.45, 2.75) is 26.4 Å². The molecule has 0 aliphatic rings. The quantitative estimate of drug-likeness (QED) is 0.852. The van der Waals surface area contributed by atoms with E-state index in [0.29, 0.717) is 5.92 Å². The number of aryl methyl sites for hydroxylation is 1. The summed E-state index contributed by atoms with van der Waals surface area (Å²) in [5, 5.41) is 4.57. The van der Waals surface area contributed by atoms with E-state index in [-0.39, 0.29) is 6.04 Å². The Hall–Kier alpha value is -1.23. The van der Waals surface area contributed by atoms with Crippen LogP contribution in [-0.2, 0) is 6.54 Å². The van der Waals surface area contributed by atoms with Gasteiger partial charge in [0.2, 0.25) is 0 Å². The van der Waals surface area contributed by atoms with Gasteiger partial charge in [-0.2, -0.15) is 0 Å². The van der Waals surface area contributed by atoms with Crippen molar-refractivity contribution < 1.29 is 0 Å². The molecule has 1 heterocycles. The monoisotopic (exact) mass is 275 g/mol. The van der Waals surface area contributed by atoms with Crippen LogP contribution >= 0.6 is 11.3 Å². The normalized spacial score (nSPS) is 14.3. The third kappa shape index (κ3) is 4.13. The van der Waals surface area contributed by atoms with Crippen molar-refractivity contribution in [1.29, 1.82) is 0 Å². The standard InChI is InChI=1S/C15H21N3S/c1-11(15(16)13-6-4-3-5-7-13)8-17-9-14-10-18-12(2)19-14/h3-7,10-11,15,17H,8-9,16H2,1-2H3. The van der Waals surface area contributed by atoms with Crippen molar-refractivity contribution in [2.75, 3.05) is 6.54 Å². The topological polar surface area (TPSA) is 50.9 Å². The number of hydrogen-bond donors (Lipinski definition) is 2. The van der Waals surface area contributed by atoms with Crippen LogP contribution in [-0.4, -0.2) is 11.5 Å². The van der Waals surface area contributed by atoms with E-state index in [1.165, 1.54) is 10.4 Å². The molecule has 0 bridgehead atoms. The van der Waals surface area contributed by atoms with Gasteiger partial charge in [-0.1, -0.05) is 37.3 Å².